The zero-order valence-electron chi connectivity index (χ0n) is 8.98. The van der Waals surface area contributed by atoms with Gasteiger partial charge >= 0.3 is 0 Å². The lowest BCUT2D eigenvalue weighted by molar-refractivity contribution is 0.135. The van der Waals surface area contributed by atoms with Gasteiger partial charge in [0.15, 0.2) is 0 Å². The van der Waals surface area contributed by atoms with Gasteiger partial charge in [0.1, 0.15) is 10.3 Å². The molecule has 96 valence electrons. The first-order chi connectivity index (χ1) is 8.06. The summed E-state index contributed by atoms with van der Waals surface area (Å²) >= 11 is 11.4. The van der Waals surface area contributed by atoms with E-state index in [1.54, 1.807) is 0 Å². The third kappa shape index (κ3) is 4.75. The van der Waals surface area contributed by atoms with Gasteiger partial charge in [0.05, 0.1) is 25.4 Å². The fourth-order valence-corrected chi connectivity index (χ4v) is 1.74. The first-order valence-electron chi connectivity index (χ1n) is 5.03. The number of nitrogens with one attached hydrogen (secondary N) is 1. The maximum atomic E-state index is 9.84. The number of aliphatic hydroxyl groups is 3. The Kier molecular flexibility index (Phi) is 6.11. The molecule has 0 saturated heterocycles. The number of nitrogens with zero attached hydrogens (tertiary/aromatic N) is 1. The van der Waals surface area contributed by atoms with Crippen molar-refractivity contribution in [3.8, 4) is 0 Å². The lowest BCUT2D eigenvalue weighted by atomic mass is 10.1. The third-order valence-corrected chi connectivity index (χ3v) is 2.60. The molecule has 7 heteroatoms. The summed E-state index contributed by atoms with van der Waals surface area (Å²) in [5.41, 5.74) is 0.525. The molecule has 1 unspecified atom stereocenters. The van der Waals surface area contributed by atoms with Crippen molar-refractivity contribution < 1.29 is 15.3 Å². The molecule has 1 aromatic rings. The van der Waals surface area contributed by atoms with Crippen LogP contribution < -0.4 is 5.32 Å². The van der Waals surface area contributed by atoms with Crippen molar-refractivity contribution >= 4 is 23.2 Å². The van der Waals surface area contributed by atoms with Crippen molar-refractivity contribution in [1.29, 1.82) is 0 Å². The second-order valence-corrected chi connectivity index (χ2v) is 4.31. The molecule has 0 bridgehead atoms. The normalized spacial score (nSPS) is 13.1. The molecule has 0 radical (unpaired) electrons. The fraction of sp³-hybridized carbons (Fsp3) is 0.500. The highest BCUT2D eigenvalue weighted by molar-refractivity contribution is 6.32. The molecule has 0 aliphatic heterocycles. The topological polar surface area (TPSA) is 85.6 Å². The Labute approximate surface area is 109 Å². The van der Waals surface area contributed by atoms with E-state index < -0.39 is 12.1 Å². The highest BCUT2D eigenvalue weighted by Gasteiger charge is 2.12. The van der Waals surface area contributed by atoms with E-state index in [1.807, 2.05) is 0 Å². The number of aliphatic hydroxyl groups excluding tert-OH is 3. The molecule has 5 nitrogen and oxygen atoms in total. The molecule has 0 aliphatic carbocycles. The molecule has 1 atom stereocenters. The van der Waals surface area contributed by atoms with Crippen LogP contribution in [0.2, 0.25) is 10.3 Å². The third-order valence-electron chi connectivity index (χ3n) is 2.21. The number of pyridine rings is 1. The van der Waals surface area contributed by atoms with Crippen LogP contribution in [0.25, 0.3) is 0 Å². The Bertz CT molecular complexity index is 341. The van der Waals surface area contributed by atoms with Crippen LogP contribution in [0.3, 0.4) is 0 Å². The molecule has 17 heavy (non-hydrogen) atoms. The molecule has 4 N–H and O–H groups in total. The zero-order valence-corrected chi connectivity index (χ0v) is 10.5. The van der Waals surface area contributed by atoms with Gasteiger partial charge in [0.25, 0.3) is 0 Å². The van der Waals surface area contributed by atoms with E-state index in [2.05, 4.69) is 10.3 Å². The monoisotopic (exact) mass is 280 g/mol. The molecular formula is C10H14Cl2N2O3. The van der Waals surface area contributed by atoms with E-state index >= 15 is 0 Å². The second-order valence-electron chi connectivity index (χ2n) is 3.53. The fourth-order valence-electron chi connectivity index (χ4n) is 1.26. The summed E-state index contributed by atoms with van der Waals surface area (Å²) in [6, 6.07) is 2.55. The van der Waals surface area contributed by atoms with Crippen molar-refractivity contribution in [2.45, 2.75) is 12.1 Å². The van der Waals surface area contributed by atoms with Gasteiger partial charge < -0.3 is 20.6 Å². The van der Waals surface area contributed by atoms with Crippen LogP contribution >= 0.6 is 23.2 Å². The standard InChI is InChI=1S/C10H14Cl2N2O3/c11-9-1-6(2-10(12)14-9)8(17)3-13-7(4-15)5-16/h1-2,7-8,13,15-17H,3-5H2. The Morgan fingerprint density at radius 1 is 1.18 bits per heavy atom. The van der Waals surface area contributed by atoms with Gasteiger partial charge in [-0.1, -0.05) is 23.2 Å². The van der Waals surface area contributed by atoms with Crippen LogP contribution in [0.4, 0.5) is 0 Å². The smallest absolute Gasteiger partial charge is 0.131 e. The highest BCUT2D eigenvalue weighted by Crippen LogP contribution is 2.20. The Balaban J connectivity index is 2.60. The zero-order chi connectivity index (χ0) is 12.8. The SMILES string of the molecule is OCC(CO)NCC(O)c1cc(Cl)nc(Cl)c1. The van der Waals surface area contributed by atoms with Gasteiger partial charge in [-0.05, 0) is 17.7 Å². The molecule has 0 amide bonds. The average molecular weight is 281 g/mol. The summed E-state index contributed by atoms with van der Waals surface area (Å²) in [5, 5.41) is 30.7. The number of halogens is 2. The summed E-state index contributed by atoms with van der Waals surface area (Å²) in [4.78, 5) is 3.76. The summed E-state index contributed by atoms with van der Waals surface area (Å²) in [5.74, 6) is 0. The minimum atomic E-state index is -0.839. The van der Waals surface area contributed by atoms with E-state index in [0.29, 0.717) is 5.56 Å². The van der Waals surface area contributed by atoms with E-state index in [0.717, 1.165) is 0 Å². The van der Waals surface area contributed by atoms with Crippen molar-refractivity contribution in [2.24, 2.45) is 0 Å². The number of aromatic nitrogens is 1. The minimum absolute atomic E-state index is 0.169. The number of rotatable bonds is 6. The van der Waals surface area contributed by atoms with Crippen LogP contribution in [0.5, 0.6) is 0 Å². The first-order valence-corrected chi connectivity index (χ1v) is 5.78. The van der Waals surface area contributed by atoms with Gasteiger partial charge in [-0.2, -0.15) is 0 Å². The van der Waals surface area contributed by atoms with Crippen LogP contribution in [-0.4, -0.2) is 46.1 Å². The molecule has 1 heterocycles. The molecule has 0 spiro atoms. The van der Waals surface area contributed by atoms with Crippen LogP contribution in [-0.2, 0) is 0 Å². The van der Waals surface area contributed by atoms with Crippen LogP contribution in [0.1, 0.15) is 11.7 Å². The lowest BCUT2D eigenvalue weighted by Gasteiger charge is -2.17. The summed E-state index contributed by atoms with van der Waals surface area (Å²) in [7, 11) is 0. The van der Waals surface area contributed by atoms with E-state index in [1.165, 1.54) is 12.1 Å². The molecule has 0 saturated carbocycles. The Morgan fingerprint density at radius 2 is 1.71 bits per heavy atom. The molecule has 1 aromatic heterocycles. The predicted octanol–water partition coefficient (Wildman–Crippen LogP) is 0.365. The molecule has 0 fully saturated rings. The summed E-state index contributed by atoms with van der Waals surface area (Å²) in [6.07, 6.45) is -0.839. The average Bonchev–Trinajstić information content (AvgIpc) is 2.28. The lowest BCUT2D eigenvalue weighted by Crippen LogP contribution is -2.38. The predicted molar refractivity (Wildman–Crippen MR) is 65.2 cm³/mol. The van der Waals surface area contributed by atoms with E-state index in [-0.39, 0.29) is 30.1 Å². The van der Waals surface area contributed by atoms with Gasteiger partial charge in [0, 0.05) is 6.54 Å². The Hall–Kier alpha value is -0.430. The van der Waals surface area contributed by atoms with Crippen LogP contribution in [0.15, 0.2) is 12.1 Å². The van der Waals surface area contributed by atoms with E-state index in [9.17, 15) is 5.11 Å². The molecule has 1 rings (SSSR count). The van der Waals surface area contributed by atoms with Gasteiger partial charge in [-0.3, -0.25) is 0 Å². The highest BCUT2D eigenvalue weighted by atomic mass is 35.5. The van der Waals surface area contributed by atoms with E-state index in [4.69, 9.17) is 33.4 Å². The van der Waals surface area contributed by atoms with Crippen molar-refractivity contribution in [2.75, 3.05) is 19.8 Å². The summed E-state index contributed by atoms with van der Waals surface area (Å²) in [6.45, 7) is -0.245. The molecule has 0 aliphatic rings. The maximum Gasteiger partial charge on any atom is 0.131 e. The molecule has 0 aromatic carbocycles. The summed E-state index contributed by atoms with van der Waals surface area (Å²) < 4.78 is 0. The minimum Gasteiger partial charge on any atom is -0.395 e. The van der Waals surface area contributed by atoms with Crippen LogP contribution in [0, 0.1) is 0 Å². The van der Waals surface area contributed by atoms with Gasteiger partial charge in [-0.15, -0.1) is 0 Å². The molecular weight excluding hydrogens is 267 g/mol. The number of hydrogen-bond donors (Lipinski definition) is 4. The van der Waals surface area contributed by atoms with Gasteiger partial charge in [0.2, 0.25) is 0 Å². The van der Waals surface area contributed by atoms with Crippen molar-refractivity contribution in [1.82, 2.24) is 10.3 Å². The quantitative estimate of drug-likeness (QED) is 0.566. The Morgan fingerprint density at radius 3 is 2.18 bits per heavy atom. The first kappa shape index (κ1) is 14.6. The maximum absolute atomic E-state index is 9.84. The second kappa shape index (κ2) is 7.10. The largest absolute Gasteiger partial charge is 0.395 e. The van der Waals surface area contributed by atoms with Crippen molar-refractivity contribution in [3.63, 3.8) is 0 Å². The van der Waals surface area contributed by atoms with Gasteiger partial charge in [-0.25, -0.2) is 4.98 Å². The number of hydrogen-bond acceptors (Lipinski definition) is 5. The van der Waals surface area contributed by atoms with Crippen molar-refractivity contribution in [3.05, 3.63) is 28.0 Å².